The van der Waals surface area contributed by atoms with Gasteiger partial charge >= 0.3 is 0 Å². The number of halogens is 1. The first-order valence-corrected chi connectivity index (χ1v) is 14.9. The van der Waals surface area contributed by atoms with Gasteiger partial charge in [-0.15, -0.1) is 11.6 Å². The lowest BCUT2D eigenvalue weighted by molar-refractivity contribution is -0.147. The van der Waals surface area contributed by atoms with Gasteiger partial charge in [-0.3, -0.25) is 14.6 Å². The number of carbonyl (C=O) groups is 1. The number of likely N-dealkylation sites (tertiary alicyclic amines) is 2. The van der Waals surface area contributed by atoms with Crippen LogP contribution in [-0.4, -0.2) is 101 Å². The molecule has 8 aliphatic rings. The Kier molecular flexibility index (Phi) is 4.91. The number of carbonyl (C=O) groups excluding carboxylic acids is 1. The molecule has 1 amide bonds. The highest BCUT2D eigenvalue weighted by atomic mass is 35.5. The Labute approximate surface area is 223 Å². The van der Waals surface area contributed by atoms with Crippen LogP contribution < -0.4 is 4.74 Å². The molecule has 9 rings (SSSR count). The van der Waals surface area contributed by atoms with Crippen LogP contribution in [-0.2, 0) is 16.6 Å². The topological polar surface area (TPSA) is 76.5 Å². The molecule has 8 heteroatoms. The molecule has 4 bridgehead atoms. The van der Waals surface area contributed by atoms with Crippen molar-refractivity contribution in [3.63, 3.8) is 0 Å². The summed E-state index contributed by atoms with van der Waals surface area (Å²) in [6, 6.07) is 4.50. The van der Waals surface area contributed by atoms with Crippen LogP contribution in [0.2, 0.25) is 0 Å². The van der Waals surface area contributed by atoms with Gasteiger partial charge in [0.05, 0.1) is 19.2 Å². The van der Waals surface area contributed by atoms with Crippen LogP contribution in [0.3, 0.4) is 0 Å². The fraction of sp³-hybridized carbons (Fsp3) is 0.759. The fourth-order valence-corrected chi connectivity index (χ4v) is 10.1. The molecule has 1 aromatic carbocycles. The summed E-state index contributed by atoms with van der Waals surface area (Å²) in [6.07, 6.45) is 7.84. The van der Waals surface area contributed by atoms with Gasteiger partial charge in [-0.05, 0) is 69.0 Å². The summed E-state index contributed by atoms with van der Waals surface area (Å²) in [7, 11) is 0. The SMILES string of the molecule is O=C(CN1CC(CO)(CCl)C1)N1CC[C@@]23CC[C@@H]1[C@@H]1Oc4c(O)ccc5c4[C@@]12CCN(CC1CC1)[C@H]3C5. The summed E-state index contributed by atoms with van der Waals surface area (Å²) in [6.45, 7) is 4.88. The van der Waals surface area contributed by atoms with Crippen LogP contribution in [0, 0.1) is 16.7 Å². The number of fused-ring (bicyclic) bond motifs is 3. The Morgan fingerprint density at radius 2 is 1.97 bits per heavy atom. The number of ether oxygens (including phenoxy) is 1. The maximum atomic E-state index is 13.8. The Hall–Kier alpha value is -1.54. The quantitative estimate of drug-likeness (QED) is 0.553. The Morgan fingerprint density at radius 1 is 1.14 bits per heavy atom. The second kappa shape index (κ2) is 7.77. The van der Waals surface area contributed by atoms with Gasteiger partial charge in [-0.2, -0.15) is 0 Å². The van der Waals surface area contributed by atoms with Crippen LogP contribution >= 0.6 is 11.6 Å². The molecule has 6 fully saturated rings. The monoisotopic (exact) mass is 527 g/mol. The largest absolute Gasteiger partial charge is 0.504 e. The number of phenolic OH excluding ortho intramolecular Hbond substituents is 1. The van der Waals surface area contributed by atoms with Crippen molar-refractivity contribution >= 4 is 17.5 Å². The summed E-state index contributed by atoms with van der Waals surface area (Å²) in [5, 5.41) is 20.7. The lowest BCUT2D eigenvalue weighted by Gasteiger charge is -2.66. The van der Waals surface area contributed by atoms with E-state index in [9.17, 15) is 15.0 Å². The average molecular weight is 528 g/mol. The second-order valence-electron chi connectivity index (χ2n) is 13.4. The lowest BCUT2D eigenvalue weighted by Crippen LogP contribution is -2.73. The summed E-state index contributed by atoms with van der Waals surface area (Å²) >= 11 is 6.11. The number of alkyl halides is 1. The van der Waals surface area contributed by atoms with Crippen molar-refractivity contribution in [2.45, 2.75) is 68.5 Å². The van der Waals surface area contributed by atoms with Crippen LogP contribution in [0.5, 0.6) is 11.5 Å². The van der Waals surface area contributed by atoms with Crippen molar-refractivity contribution < 1.29 is 19.7 Å². The summed E-state index contributed by atoms with van der Waals surface area (Å²) in [4.78, 5) is 20.9. The van der Waals surface area contributed by atoms with E-state index in [2.05, 4.69) is 20.8 Å². The number of amides is 1. The van der Waals surface area contributed by atoms with E-state index in [-0.39, 0.29) is 46.7 Å². The zero-order chi connectivity index (χ0) is 25.2. The van der Waals surface area contributed by atoms with Crippen molar-refractivity contribution in [1.82, 2.24) is 14.7 Å². The van der Waals surface area contributed by atoms with E-state index >= 15 is 0 Å². The molecule has 3 aliphatic carbocycles. The Morgan fingerprint density at radius 3 is 2.73 bits per heavy atom. The minimum atomic E-state index is -0.266. The molecule has 200 valence electrons. The number of hydrogen-bond acceptors (Lipinski definition) is 6. The summed E-state index contributed by atoms with van der Waals surface area (Å²) in [5.74, 6) is 2.42. The minimum Gasteiger partial charge on any atom is -0.504 e. The van der Waals surface area contributed by atoms with Crippen LogP contribution in [0.15, 0.2) is 12.1 Å². The van der Waals surface area contributed by atoms with Gasteiger partial charge in [0, 0.05) is 59.9 Å². The van der Waals surface area contributed by atoms with Crippen LogP contribution in [0.4, 0.5) is 0 Å². The highest BCUT2D eigenvalue weighted by molar-refractivity contribution is 6.18. The molecule has 37 heavy (non-hydrogen) atoms. The van der Waals surface area contributed by atoms with Gasteiger partial charge < -0.3 is 19.8 Å². The van der Waals surface area contributed by atoms with E-state index in [0.717, 1.165) is 51.1 Å². The van der Waals surface area contributed by atoms with E-state index in [0.29, 0.717) is 37.3 Å². The minimum absolute atomic E-state index is 0.0356. The second-order valence-corrected chi connectivity index (χ2v) is 13.7. The van der Waals surface area contributed by atoms with Gasteiger partial charge in [-0.25, -0.2) is 0 Å². The van der Waals surface area contributed by atoms with E-state index in [1.807, 2.05) is 6.07 Å². The zero-order valence-corrected chi connectivity index (χ0v) is 22.3. The third-order valence-electron chi connectivity index (χ3n) is 11.6. The Balaban J connectivity index is 1.16. The number of rotatable bonds is 6. The van der Waals surface area contributed by atoms with Crippen LogP contribution in [0.25, 0.3) is 0 Å². The number of hydrogen-bond donors (Lipinski definition) is 2. The van der Waals surface area contributed by atoms with E-state index in [4.69, 9.17) is 16.3 Å². The predicted octanol–water partition coefficient (Wildman–Crippen LogP) is 2.35. The first-order valence-electron chi connectivity index (χ1n) is 14.4. The molecule has 5 heterocycles. The third kappa shape index (κ3) is 2.92. The van der Waals surface area contributed by atoms with E-state index < -0.39 is 0 Å². The normalized spacial score (nSPS) is 39.1. The number of phenols is 1. The summed E-state index contributed by atoms with van der Waals surface area (Å²) < 4.78 is 6.81. The Bertz CT molecular complexity index is 1150. The molecular weight excluding hydrogens is 490 g/mol. The number of benzene rings is 1. The number of piperidine rings is 1. The molecule has 5 atom stereocenters. The van der Waals surface area contributed by atoms with Gasteiger partial charge in [0.15, 0.2) is 11.5 Å². The van der Waals surface area contributed by atoms with Crippen molar-refractivity contribution in [2.75, 3.05) is 51.8 Å². The standard InChI is InChI=1S/C29H38ClN3O4/c30-14-27(17-34)15-31(16-27)13-23(36)33-10-7-28-6-5-20(33)26-29(28)8-9-32(12-18-1-2-18)22(28)11-19-3-4-21(35)25(37-26)24(19)29/h3-4,18,20,22,26,34-35H,1-2,5-17H2/t20-,22+,26+,28-,29+/m1/s1. The van der Waals surface area contributed by atoms with Gasteiger partial charge in [0.1, 0.15) is 6.10 Å². The average Bonchev–Trinajstić information content (AvgIpc) is 3.67. The number of aliphatic hydroxyl groups excluding tert-OH is 1. The molecule has 7 nitrogen and oxygen atoms in total. The molecular formula is C29H38ClN3O4. The molecule has 1 aromatic rings. The van der Waals surface area contributed by atoms with Crippen molar-refractivity contribution in [3.05, 3.63) is 23.3 Å². The zero-order valence-electron chi connectivity index (χ0n) is 21.5. The first kappa shape index (κ1) is 23.4. The molecule has 0 unspecified atom stereocenters. The molecule has 0 aromatic heterocycles. The van der Waals surface area contributed by atoms with Crippen molar-refractivity contribution in [2.24, 2.45) is 16.7 Å². The van der Waals surface area contributed by atoms with Gasteiger partial charge in [0.2, 0.25) is 5.91 Å². The van der Waals surface area contributed by atoms with E-state index in [1.54, 1.807) is 0 Å². The maximum absolute atomic E-state index is 13.8. The molecule has 4 saturated heterocycles. The molecule has 2 N–H and O–H groups in total. The molecule has 0 radical (unpaired) electrons. The first-order chi connectivity index (χ1) is 17.9. The highest BCUT2D eigenvalue weighted by Gasteiger charge is 2.74. The smallest absolute Gasteiger partial charge is 0.237 e. The van der Waals surface area contributed by atoms with Crippen LogP contribution in [0.1, 0.15) is 49.7 Å². The van der Waals surface area contributed by atoms with E-state index in [1.165, 1.54) is 30.5 Å². The molecule has 5 aliphatic heterocycles. The number of nitrogens with zero attached hydrogens (tertiary/aromatic N) is 3. The van der Waals surface area contributed by atoms with Gasteiger partial charge in [-0.1, -0.05) is 6.07 Å². The van der Waals surface area contributed by atoms with Crippen molar-refractivity contribution in [1.29, 1.82) is 0 Å². The maximum Gasteiger partial charge on any atom is 0.237 e. The molecule has 2 spiro atoms. The lowest BCUT2D eigenvalue weighted by atomic mass is 9.42. The number of aromatic hydroxyl groups is 1. The van der Waals surface area contributed by atoms with Crippen molar-refractivity contribution in [3.8, 4) is 11.5 Å². The third-order valence-corrected chi connectivity index (χ3v) is 12.2. The summed E-state index contributed by atoms with van der Waals surface area (Å²) in [5.41, 5.74) is 2.36. The fourth-order valence-electron chi connectivity index (χ4n) is 9.82. The highest BCUT2D eigenvalue weighted by Crippen LogP contribution is 2.71. The predicted molar refractivity (Wildman–Crippen MR) is 139 cm³/mol. The molecule has 2 saturated carbocycles. The number of aliphatic hydroxyl groups is 1. The van der Waals surface area contributed by atoms with Gasteiger partial charge in [0.25, 0.3) is 0 Å².